The number of hydrogen-bond acceptors (Lipinski definition) is 5. The molecule has 8 heteroatoms. The van der Waals surface area contributed by atoms with Gasteiger partial charge in [-0.1, -0.05) is 0 Å². The predicted octanol–water partition coefficient (Wildman–Crippen LogP) is 0.787. The average molecular weight is 316 g/mol. The first-order valence-corrected chi connectivity index (χ1v) is 8.76. The SMILES string of the molecule is CS(=O)(=O)N1CCCC(CC(NN)c2cncc(F)c2)C1. The van der Waals surface area contributed by atoms with E-state index in [0.717, 1.165) is 19.0 Å². The summed E-state index contributed by atoms with van der Waals surface area (Å²) in [5.41, 5.74) is 3.35. The highest BCUT2D eigenvalue weighted by atomic mass is 32.2. The van der Waals surface area contributed by atoms with E-state index in [2.05, 4.69) is 10.4 Å². The van der Waals surface area contributed by atoms with Gasteiger partial charge in [-0.25, -0.2) is 17.1 Å². The second kappa shape index (κ2) is 6.78. The second-order valence-electron chi connectivity index (χ2n) is 5.52. The van der Waals surface area contributed by atoms with E-state index >= 15 is 0 Å². The maximum Gasteiger partial charge on any atom is 0.211 e. The van der Waals surface area contributed by atoms with Crippen LogP contribution in [0.2, 0.25) is 0 Å². The summed E-state index contributed by atoms with van der Waals surface area (Å²) in [7, 11) is -3.16. The van der Waals surface area contributed by atoms with Gasteiger partial charge in [-0.2, -0.15) is 0 Å². The van der Waals surface area contributed by atoms with Crippen molar-refractivity contribution in [3.63, 3.8) is 0 Å². The zero-order valence-corrected chi connectivity index (χ0v) is 12.8. The van der Waals surface area contributed by atoms with E-state index in [4.69, 9.17) is 5.84 Å². The molecule has 2 unspecified atom stereocenters. The van der Waals surface area contributed by atoms with E-state index in [0.29, 0.717) is 25.1 Å². The summed E-state index contributed by atoms with van der Waals surface area (Å²) in [6.45, 7) is 1.05. The van der Waals surface area contributed by atoms with Crippen molar-refractivity contribution in [2.45, 2.75) is 25.3 Å². The van der Waals surface area contributed by atoms with Gasteiger partial charge in [0.05, 0.1) is 12.5 Å². The van der Waals surface area contributed by atoms with Crippen LogP contribution in [0.25, 0.3) is 0 Å². The molecule has 3 N–H and O–H groups in total. The number of piperidine rings is 1. The number of sulfonamides is 1. The molecule has 1 aromatic heterocycles. The zero-order valence-electron chi connectivity index (χ0n) is 12.0. The van der Waals surface area contributed by atoms with E-state index in [1.165, 1.54) is 16.6 Å². The molecule has 2 atom stereocenters. The van der Waals surface area contributed by atoms with Crippen molar-refractivity contribution in [1.82, 2.24) is 14.7 Å². The van der Waals surface area contributed by atoms with Crippen molar-refractivity contribution in [3.8, 4) is 0 Å². The molecule has 2 heterocycles. The van der Waals surface area contributed by atoms with Crippen LogP contribution >= 0.6 is 0 Å². The maximum absolute atomic E-state index is 13.2. The molecule has 1 aromatic rings. The lowest BCUT2D eigenvalue weighted by Gasteiger charge is -2.32. The highest BCUT2D eigenvalue weighted by Crippen LogP contribution is 2.28. The van der Waals surface area contributed by atoms with Gasteiger partial charge >= 0.3 is 0 Å². The van der Waals surface area contributed by atoms with Gasteiger partial charge < -0.3 is 0 Å². The Morgan fingerprint density at radius 3 is 2.95 bits per heavy atom. The van der Waals surface area contributed by atoms with E-state index in [9.17, 15) is 12.8 Å². The summed E-state index contributed by atoms with van der Waals surface area (Å²) in [5, 5.41) is 0. The molecule has 0 amide bonds. The van der Waals surface area contributed by atoms with Crippen LogP contribution in [0.3, 0.4) is 0 Å². The van der Waals surface area contributed by atoms with Gasteiger partial charge in [0.15, 0.2) is 0 Å². The Hall–Kier alpha value is -1.09. The molecule has 2 rings (SSSR count). The van der Waals surface area contributed by atoms with E-state index < -0.39 is 15.8 Å². The Bertz CT molecular complexity index is 581. The first-order chi connectivity index (χ1) is 9.90. The van der Waals surface area contributed by atoms with Crippen molar-refractivity contribution in [2.75, 3.05) is 19.3 Å². The van der Waals surface area contributed by atoms with Gasteiger partial charge in [0.1, 0.15) is 5.82 Å². The second-order valence-corrected chi connectivity index (χ2v) is 7.50. The first kappa shape index (κ1) is 16.3. The summed E-state index contributed by atoms with van der Waals surface area (Å²) in [6.07, 6.45) is 6.36. The Kier molecular flexibility index (Phi) is 5.26. The minimum absolute atomic E-state index is 0.192. The zero-order chi connectivity index (χ0) is 15.5. The highest BCUT2D eigenvalue weighted by molar-refractivity contribution is 7.88. The molecule has 118 valence electrons. The smallest absolute Gasteiger partial charge is 0.211 e. The molecule has 1 saturated heterocycles. The molecule has 0 aliphatic carbocycles. The Labute approximate surface area is 124 Å². The Balaban J connectivity index is 2.05. The van der Waals surface area contributed by atoms with Crippen molar-refractivity contribution >= 4 is 10.0 Å². The lowest BCUT2D eigenvalue weighted by Crippen LogP contribution is -2.41. The molecule has 0 saturated carbocycles. The van der Waals surface area contributed by atoms with Crippen LogP contribution in [0, 0.1) is 11.7 Å². The lowest BCUT2D eigenvalue weighted by molar-refractivity contribution is 0.238. The molecule has 0 aromatic carbocycles. The van der Waals surface area contributed by atoms with Crippen LogP contribution in [0.4, 0.5) is 4.39 Å². The van der Waals surface area contributed by atoms with Crippen LogP contribution in [-0.4, -0.2) is 37.1 Å². The molecule has 1 fully saturated rings. The van der Waals surface area contributed by atoms with Crippen LogP contribution in [0.5, 0.6) is 0 Å². The van der Waals surface area contributed by atoms with Gasteiger partial charge in [0, 0.05) is 25.3 Å². The summed E-state index contributed by atoms with van der Waals surface area (Å²) in [4.78, 5) is 3.82. The third-order valence-electron chi connectivity index (χ3n) is 3.85. The quantitative estimate of drug-likeness (QED) is 0.619. The third-order valence-corrected chi connectivity index (χ3v) is 5.12. The fraction of sp³-hybridized carbons (Fsp3) is 0.615. The van der Waals surface area contributed by atoms with E-state index in [-0.39, 0.29) is 12.0 Å². The molecule has 0 radical (unpaired) electrons. The first-order valence-electron chi connectivity index (χ1n) is 6.92. The van der Waals surface area contributed by atoms with Crippen molar-refractivity contribution in [1.29, 1.82) is 0 Å². The fourth-order valence-electron chi connectivity index (χ4n) is 2.77. The number of rotatable bonds is 5. The molecule has 6 nitrogen and oxygen atoms in total. The van der Waals surface area contributed by atoms with Gasteiger partial charge in [-0.3, -0.25) is 16.3 Å². The van der Waals surface area contributed by atoms with Gasteiger partial charge in [0.25, 0.3) is 0 Å². The van der Waals surface area contributed by atoms with Crippen LogP contribution in [-0.2, 0) is 10.0 Å². The summed E-state index contributed by atoms with van der Waals surface area (Å²) in [5.74, 6) is 5.34. The number of nitrogens with zero attached hydrogens (tertiary/aromatic N) is 2. The number of pyridine rings is 1. The highest BCUT2D eigenvalue weighted by Gasteiger charge is 2.28. The summed E-state index contributed by atoms with van der Waals surface area (Å²) >= 11 is 0. The molecule has 0 spiro atoms. The van der Waals surface area contributed by atoms with Gasteiger partial charge in [0.2, 0.25) is 10.0 Å². The topological polar surface area (TPSA) is 88.3 Å². The monoisotopic (exact) mass is 316 g/mol. The summed E-state index contributed by atoms with van der Waals surface area (Å²) < 4.78 is 38.0. The third kappa shape index (κ3) is 4.44. The number of nitrogens with one attached hydrogen (secondary N) is 1. The maximum atomic E-state index is 13.2. The minimum atomic E-state index is -3.16. The molecule has 0 bridgehead atoms. The van der Waals surface area contributed by atoms with E-state index in [1.54, 1.807) is 6.20 Å². The molecular formula is C13H21FN4O2S. The van der Waals surface area contributed by atoms with Crippen LogP contribution in [0.15, 0.2) is 18.5 Å². The minimum Gasteiger partial charge on any atom is -0.271 e. The number of hydrogen-bond donors (Lipinski definition) is 2. The van der Waals surface area contributed by atoms with Gasteiger partial charge in [-0.15, -0.1) is 0 Å². The van der Waals surface area contributed by atoms with Crippen LogP contribution in [0.1, 0.15) is 30.9 Å². The largest absolute Gasteiger partial charge is 0.271 e. The predicted molar refractivity (Wildman–Crippen MR) is 78.0 cm³/mol. The number of nitrogens with two attached hydrogens (primary N) is 1. The molecule has 21 heavy (non-hydrogen) atoms. The molecular weight excluding hydrogens is 295 g/mol. The van der Waals surface area contributed by atoms with Crippen molar-refractivity contribution in [2.24, 2.45) is 11.8 Å². The average Bonchev–Trinajstić information content (AvgIpc) is 2.44. The Morgan fingerprint density at radius 2 is 2.33 bits per heavy atom. The van der Waals surface area contributed by atoms with Crippen molar-refractivity contribution < 1.29 is 12.8 Å². The number of aromatic nitrogens is 1. The molecule has 1 aliphatic rings. The standard InChI is InChI=1S/C13H21FN4O2S/c1-21(19,20)18-4-2-3-10(9-18)5-13(17-15)11-6-12(14)8-16-7-11/h6-8,10,13,17H,2-5,9,15H2,1H3. The molecule has 1 aliphatic heterocycles. The van der Waals surface area contributed by atoms with Crippen LogP contribution < -0.4 is 11.3 Å². The normalized spacial score (nSPS) is 22.1. The fourth-order valence-corrected chi connectivity index (χ4v) is 3.72. The Morgan fingerprint density at radius 1 is 1.57 bits per heavy atom. The lowest BCUT2D eigenvalue weighted by atomic mass is 9.90. The van der Waals surface area contributed by atoms with E-state index in [1.807, 2.05) is 0 Å². The van der Waals surface area contributed by atoms with Crippen molar-refractivity contribution in [3.05, 3.63) is 29.8 Å². The van der Waals surface area contributed by atoms with Gasteiger partial charge in [-0.05, 0) is 36.8 Å². The summed E-state index contributed by atoms with van der Waals surface area (Å²) in [6, 6.07) is 1.16. The number of hydrazine groups is 1. The number of halogens is 1.